The molecule has 0 aliphatic carbocycles. The van der Waals surface area contributed by atoms with E-state index in [4.69, 9.17) is 13.9 Å². The van der Waals surface area contributed by atoms with Crippen LogP contribution in [0.25, 0.3) is 0 Å². The van der Waals surface area contributed by atoms with Crippen molar-refractivity contribution in [3.05, 3.63) is 41.1 Å². The number of aryl methyl sites for hydroxylation is 1. The van der Waals surface area contributed by atoms with E-state index in [1.807, 2.05) is 16.8 Å². The van der Waals surface area contributed by atoms with Crippen LogP contribution in [0.3, 0.4) is 0 Å². The molecule has 0 amide bonds. The van der Waals surface area contributed by atoms with E-state index in [9.17, 15) is 4.79 Å². The first-order valence-electron chi connectivity index (χ1n) is 9.30. The molecule has 2 aromatic rings. The van der Waals surface area contributed by atoms with Crippen molar-refractivity contribution in [3.63, 3.8) is 0 Å². The number of furan rings is 1. The number of carbonyl (C=O) groups is 1. The van der Waals surface area contributed by atoms with E-state index in [-0.39, 0.29) is 12.1 Å². The van der Waals surface area contributed by atoms with E-state index in [1.165, 1.54) is 13.5 Å². The Kier molecular flexibility index (Phi) is 5.08. The van der Waals surface area contributed by atoms with Gasteiger partial charge < -0.3 is 13.9 Å². The van der Waals surface area contributed by atoms with Gasteiger partial charge in [-0.25, -0.2) is 4.79 Å². The molecule has 2 aliphatic rings. The van der Waals surface area contributed by atoms with Crippen molar-refractivity contribution in [1.29, 1.82) is 0 Å². The SMILES string of the molecule is COC(=O)c1cc2n(n1)CCCN(Cc1ccc(C3CCCCO3)o1)C2. The summed E-state index contributed by atoms with van der Waals surface area (Å²) in [6.07, 6.45) is 4.45. The average molecular weight is 359 g/mol. The molecular formula is C19H25N3O4. The highest BCUT2D eigenvalue weighted by atomic mass is 16.5. The summed E-state index contributed by atoms with van der Waals surface area (Å²) in [7, 11) is 1.38. The number of aromatic nitrogens is 2. The fourth-order valence-electron chi connectivity index (χ4n) is 3.71. The third-order valence-corrected chi connectivity index (χ3v) is 5.05. The van der Waals surface area contributed by atoms with E-state index in [2.05, 4.69) is 16.1 Å². The molecule has 4 rings (SSSR count). The minimum absolute atomic E-state index is 0.102. The van der Waals surface area contributed by atoms with Crippen molar-refractivity contribution in [2.75, 3.05) is 20.3 Å². The molecule has 0 bridgehead atoms. The third-order valence-electron chi connectivity index (χ3n) is 5.05. The highest BCUT2D eigenvalue weighted by Crippen LogP contribution is 2.29. The summed E-state index contributed by atoms with van der Waals surface area (Å²) in [4.78, 5) is 14.0. The monoisotopic (exact) mass is 359 g/mol. The summed E-state index contributed by atoms with van der Waals surface area (Å²) in [5.74, 6) is 1.50. The van der Waals surface area contributed by atoms with Crippen LogP contribution in [0.15, 0.2) is 22.6 Å². The van der Waals surface area contributed by atoms with Crippen LogP contribution >= 0.6 is 0 Å². The van der Waals surface area contributed by atoms with Crippen LogP contribution in [0.2, 0.25) is 0 Å². The van der Waals surface area contributed by atoms with Crippen LogP contribution in [0.5, 0.6) is 0 Å². The molecule has 2 aliphatic heterocycles. The predicted molar refractivity (Wildman–Crippen MR) is 93.5 cm³/mol. The summed E-state index contributed by atoms with van der Waals surface area (Å²) in [6, 6.07) is 5.92. The molecular weight excluding hydrogens is 334 g/mol. The van der Waals surface area contributed by atoms with Crippen LogP contribution in [0.4, 0.5) is 0 Å². The van der Waals surface area contributed by atoms with Crippen molar-refractivity contribution < 1.29 is 18.7 Å². The molecule has 1 unspecified atom stereocenters. The summed E-state index contributed by atoms with van der Waals surface area (Å²) in [5.41, 5.74) is 1.41. The molecule has 1 saturated heterocycles. The first-order valence-corrected chi connectivity index (χ1v) is 9.30. The Labute approximate surface area is 152 Å². The quantitative estimate of drug-likeness (QED) is 0.782. The molecule has 1 fully saturated rings. The molecule has 7 heteroatoms. The number of rotatable bonds is 4. The molecule has 0 N–H and O–H groups in total. The normalized spacial score (nSPS) is 21.2. The number of esters is 1. The zero-order chi connectivity index (χ0) is 17.9. The number of fused-ring (bicyclic) bond motifs is 1. The Morgan fingerprint density at radius 1 is 1.31 bits per heavy atom. The maximum absolute atomic E-state index is 11.7. The minimum atomic E-state index is -0.389. The van der Waals surface area contributed by atoms with Crippen molar-refractivity contribution in [2.45, 2.75) is 51.4 Å². The molecule has 0 spiro atoms. The summed E-state index contributed by atoms with van der Waals surface area (Å²) >= 11 is 0. The van der Waals surface area contributed by atoms with Gasteiger partial charge in [0, 0.05) is 26.2 Å². The zero-order valence-corrected chi connectivity index (χ0v) is 15.1. The molecule has 26 heavy (non-hydrogen) atoms. The smallest absolute Gasteiger partial charge is 0.358 e. The molecule has 4 heterocycles. The maximum Gasteiger partial charge on any atom is 0.358 e. The number of methoxy groups -OCH3 is 1. The standard InChI is InChI=1S/C19H25N3O4/c1-24-19(23)16-11-14-12-21(8-4-9-22(14)20-16)13-15-6-7-18(26-15)17-5-2-3-10-25-17/h6-7,11,17H,2-5,8-10,12-13H2,1H3. The van der Waals surface area contributed by atoms with Gasteiger partial charge >= 0.3 is 5.97 Å². The Balaban J connectivity index is 1.43. The van der Waals surface area contributed by atoms with Gasteiger partial charge in [-0.05, 0) is 43.9 Å². The second-order valence-electron chi connectivity index (χ2n) is 6.96. The number of hydrogen-bond acceptors (Lipinski definition) is 6. The fourth-order valence-corrected chi connectivity index (χ4v) is 3.71. The number of ether oxygens (including phenoxy) is 2. The van der Waals surface area contributed by atoms with E-state index in [0.717, 1.165) is 69.3 Å². The Hall–Kier alpha value is -2.12. The van der Waals surface area contributed by atoms with E-state index < -0.39 is 0 Å². The van der Waals surface area contributed by atoms with Crippen molar-refractivity contribution in [3.8, 4) is 0 Å². The number of nitrogens with zero attached hydrogens (tertiary/aromatic N) is 3. The lowest BCUT2D eigenvalue weighted by Gasteiger charge is -2.21. The molecule has 0 radical (unpaired) electrons. The summed E-state index contributed by atoms with van der Waals surface area (Å²) < 4.78 is 18.5. The van der Waals surface area contributed by atoms with Crippen LogP contribution in [0.1, 0.15) is 59.5 Å². The molecule has 7 nitrogen and oxygen atoms in total. The van der Waals surface area contributed by atoms with Crippen LogP contribution in [-0.4, -0.2) is 40.9 Å². The second-order valence-corrected chi connectivity index (χ2v) is 6.96. The molecule has 2 aromatic heterocycles. The van der Waals surface area contributed by atoms with Crippen molar-refractivity contribution in [1.82, 2.24) is 14.7 Å². The maximum atomic E-state index is 11.7. The second kappa shape index (κ2) is 7.63. The van der Waals surface area contributed by atoms with E-state index >= 15 is 0 Å². The molecule has 140 valence electrons. The van der Waals surface area contributed by atoms with Crippen molar-refractivity contribution in [2.24, 2.45) is 0 Å². The van der Waals surface area contributed by atoms with E-state index in [1.54, 1.807) is 0 Å². The molecule has 0 aromatic carbocycles. The fraction of sp³-hybridized carbons (Fsp3) is 0.579. The first-order chi connectivity index (χ1) is 12.7. The highest BCUT2D eigenvalue weighted by molar-refractivity contribution is 5.87. The highest BCUT2D eigenvalue weighted by Gasteiger charge is 2.22. The van der Waals surface area contributed by atoms with Gasteiger partial charge in [0.15, 0.2) is 5.69 Å². The zero-order valence-electron chi connectivity index (χ0n) is 15.1. The Morgan fingerprint density at radius 2 is 2.23 bits per heavy atom. The van der Waals surface area contributed by atoms with Gasteiger partial charge in [0.1, 0.15) is 17.6 Å². The Bertz CT molecular complexity index is 761. The lowest BCUT2D eigenvalue weighted by Crippen LogP contribution is -2.22. The van der Waals surface area contributed by atoms with Crippen LogP contribution in [0, 0.1) is 0 Å². The minimum Gasteiger partial charge on any atom is -0.464 e. The van der Waals surface area contributed by atoms with Gasteiger partial charge in [-0.15, -0.1) is 0 Å². The third kappa shape index (κ3) is 3.68. The van der Waals surface area contributed by atoms with Gasteiger partial charge in [-0.1, -0.05) is 0 Å². The lowest BCUT2D eigenvalue weighted by atomic mass is 10.1. The van der Waals surface area contributed by atoms with E-state index in [0.29, 0.717) is 5.69 Å². The van der Waals surface area contributed by atoms with Gasteiger partial charge in [0.25, 0.3) is 0 Å². The molecule has 0 saturated carbocycles. The number of carbonyl (C=O) groups excluding carboxylic acids is 1. The van der Waals surface area contributed by atoms with Gasteiger partial charge in [-0.2, -0.15) is 5.10 Å². The lowest BCUT2D eigenvalue weighted by molar-refractivity contribution is 0.000823. The van der Waals surface area contributed by atoms with Crippen LogP contribution < -0.4 is 0 Å². The van der Waals surface area contributed by atoms with Crippen LogP contribution in [-0.2, 0) is 29.1 Å². The van der Waals surface area contributed by atoms with Gasteiger partial charge in [0.2, 0.25) is 0 Å². The molecule has 1 atom stereocenters. The van der Waals surface area contributed by atoms with Crippen molar-refractivity contribution >= 4 is 5.97 Å². The summed E-state index contributed by atoms with van der Waals surface area (Å²) in [6.45, 7) is 4.07. The largest absolute Gasteiger partial charge is 0.464 e. The average Bonchev–Trinajstić information content (AvgIpc) is 3.25. The summed E-state index contributed by atoms with van der Waals surface area (Å²) in [5, 5.41) is 4.36. The topological polar surface area (TPSA) is 69.7 Å². The predicted octanol–water partition coefficient (Wildman–Crippen LogP) is 2.91. The number of hydrogen-bond donors (Lipinski definition) is 0. The Morgan fingerprint density at radius 3 is 3.04 bits per heavy atom. The van der Waals surface area contributed by atoms with Gasteiger partial charge in [-0.3, -0.25) is 9.58 Å². The first kappa shape index (κ1) is 17.3. The van der Waals surface area contributed by atoms with Gasteiger partial charge in [0.05, 0.1) is 19.3 Å².